The van der Waals surface area contributed by atoms with Crippen LogP contribution in [0.15, 0.2) is 45.9 Å². The molecule has 8 heteroatoms. The second-order valence-corrected chi connectivity index (χ2v) is 4.71. The number of halogens is 3. The van der Waals surface area contributed by atoms with Crippen LogP contribution >= 0.6 is 0 Å². The van der Waals surface area contributed by atoms with E-state index in [4.69, 9.17) is 4.42 Å². The van der Waals surface area contributed by atoms with Crippen LogP contribution in [0, 0.1) is 0 Å². The van der Waals surface area contributed by atoms with Gasteiger partial charge < -0.3 is 13.9 Å². The molecule has 22 heavy (non-hydrogen) atoms. The summed E-state index contributed by atoms with van der Waals surface area (Å²) in [5, 5.41) is 0. The largest absolute Gasteiger partial charge is 0.467 e. The SMILES string of the molecule is CN(Cc1ccco1)C(=O)Cn1cc(C(F)(F)F)ccc1=O. The van der Waals surface area contributed by atoms with E-state index in [-0.39, 0.29) is 6.54 Å². The van der Waals surface area contributed by atoms with Gasteiger partial charge in [0.2, 0.25) is 5.91 Å². The molecule has 0 aliphatic carbocycles. The van der Waals surface area contributed by atoms with Gasteiger partial charge >= 0.3 is 6.18 Å². The Kier molecular flexibility index (Phi) is 4.39. The Hall–Kier alpha value is -2.51. The summed E-state index contributed by atoms with van der Waals surface area (Å²) >= 11 is 0. The lowest BCUT2D eigenvalue weighted by Crippen LogP contribution is -2.33. The van der Waals surface area contributed by atoms with E-state index in [9.17, 15) is 22.8 Å². The molecule has 1 amide bonds. The van der Waals surface area contributed by atoms with Gasteiger partial charge in [-0.2, -0.15) is 13.2 Å². The molecular weight excluding hydrogens is 301 g/mol. The Labute approximate surface area is 123 Å². The van der Waals surface area contributed by atoms with Gasteiger partial charge in [-0.25, -0.2) is 0 Å². The fourth-order valence-electron chi connectivity index (χ4n) is 1.81. The van der Waals surface area contributed by atoms with Crippen LogP contribution in [0.2, 0.25) is 0 Å². The third-order valence-electron chi connectivity index (χ3n) is 3.02. The van der Waals surface area contributed by atoms with Gasteiger partial charge in [0.05, 0.1) is 18.4 Å². The van der Waals surface area contributed by atoms with Crippen LogP contribution in [0.4, 0.5) is 13.2 Å². The van der Waals surface area contributed by atoms with Crippen molar-refractivity contribution in [3.8, 4) is 0 Å². The zero-order valence-corrected chi connectivity index (χ0v) is 11.6. The molecule has 118 valence electrons. The normalized spacial score (nSPS) is 11.5. The molecule has 2 rings (SSSR count). The van der Waals surface area contributed by atoms with Gasteiger partial charge in [0, 0.05) is 19.3 Å². The molecule has 0 N–H and O–H groups in total. The Morgan fingerprint density at radius 3 is 2.64 bits per heavy atom. The summed E-state index contributed by atoms with van der Waals surface area (Å²) in [4.78, 5) is 24.8. The lowest BCUT2D eigenvalue weighted by atomic mass is 10.2. The van der Waals surface area contributed by atoms with E-state index in [1.54, 1.807) is 12.1 Å². The maximum atomic E-state index is 12.6. The maximum absolute atomic E-state index is 12.6. The maximum Gasteiger partial charge on any atom is 0.417 e. The molecule has 0 saturated carbocycles. The first kappa shape index (κ1) is 15.9. The van der Waals surface area contributed by atoms with E-state index in [0.29, 0.717) is 18.0 Å². The fourth-order valence-corrected chi connectivity index (χ4v) is 1.81. The van der Waals surface area contributed by atoms with Crippen LogP contribution in [-0.4, -0.2) is 22.4 Å². The van der Waals surface area contributed by atoms with Crippen molar-refractivity contribution in [2.24, 2.45) is 0 Å². The number of carbonyl (C=O) groups is 1. The lowest BCUT2D eigenvalue weighted by molar-refractivity contribution is -0.138. The molecule has 0 bridgehead atoms. The van der Waals surface area contributed by atoms with E-state index >= 15 is 0 Å². The average molecular weight is 314 g/mol. The van der Waals surface area contributed by atoms with Crippen molar-refractivity contribution >= 4 is 5.91 Å². The Balaban J connectivity index is 2.12. The number of nitrogens with zero attached hydrogens (tertiary/aromatic N) is 2. The first-order chi connectivity index (χ1) is 10.3. The summed E-state index contributed by atoms with van der Waals surface area (Å²) in [6.07, 6.45) is -2.48. The minimum atomic E-state index is -4.57. The highest BCUT2D eigenvalue weighted by Crippen LogP contribution is 2.27. The molecule has 0 fully saturated rings. The van der Waals surface area contributed by atoms with Gasteiger partial charge in [-0.3, -0.25) is 9.59 Å². The molecule has 2 aromatic rings. The Morgan fingerprint density at radius 1 is 1.32 bits per heavy atom. The van der Waals surface area contributed by atoms with Crippen molar-refractivity contribution in [2.75, 3.05) is 7.05 Å². The number of carbonyl (C=O) groups excluding carboxylic acids is 1. The minimum absolute atomic E-state index is 0.166. The Bertz CT molecular complexity index is 705. The van der Waals surface area contributed by atoms with Gasteiger partial charge in [-0.15, -0.1) is 0 Å². The number of aromatic nitrogens is 1. The number of hydrogen-bond donors (Lipinski definition) is 0. The smallest absolute Gasteiger partial charge is 0.417 e. The Morgan fingerprint density at radius 2 is 2.05 bits per heavy atom. The molecule has 0 radical (unpaired) electrons. The van der Waals surface area contributed by atoms with Crippen molar-refractivity contribution in [2.45, 2.75) is 19.3 Å². The van der Waals surface area contributed by atoms with Gasteiger partial charge in [0.25, 0.3) is 5.56 Å². The molecule has 0 saturated heterocycles. The van der Waals surface area contributed by atoms with Gasteiger partial charge in [-0.1, -0.05) is 0 Å². The highest BCUT2D eigenvalue weighted by atomic mass is 19.4. The van der Waals surface area contributed by atoms with Crippen LogP contribution < -0.4 is 5.56 Å². The van der Waals surface area contributed by atoms with Crippen LogP contribution in [0.3, 0.4) is 0 Å². The number of alkyl halides is 3. The average Bonchev–Trinajstić information content (AvgIpc) is 2.92. The third kappa shape index (κ3) is 3.78. The van der Waals surface area contributed by atoms with Crippen LogP contribution in [0.25, 0.3) is 0 Å². The van der Waals surface area contributed by atoms with Crippen LogP contribution in [0.5, 0.6) is 0 Å². The predicted molar refractivity (Wildman–Crippen MR) is 70.9 cm³/mol. The summed E-state index contributed by atoms with van der Waals surface area (Å²) in [5.41, 5.74) is -1.65. The molecule has 2 heterocycles. The number of amides is 1. The number of rotatable bonds is 4. The molecule has 0 aromatic carbocycles. The monoisotopic (exact) mass is 314 g/mol. The molecule has 0 aliphatic rings. The van der Waals surface area contributed by atoms with E-state index in [2.05, 4.69) is 0 Å². The van der Waals surface area contributed by atoms with E-state index in [1.165, 1.54) is 18.2 Å². The fraction of sp³-hybridized carbons (Fsp3) is 0.286. The highest BCUT2D eigenvalue weighted by molar-refractivity contribution is 5.75. The molecule has 0 aliphatic heterocycles. The summed E-state index contributed by atoms with van der Waals surface area (Å²) in [6.45, 7) is -0.306. The topological polar surface area (TPSA) is 55.5 Å². The quantitative estimate of drug-likeness (QED) is 0.868. The zero-order valence-electron chi connectivity index (χ0n) is 11.6. The zero-order chi connectivity index (χ0) is 16.3. The van der Waals surface area contributed by atoms with E-state index < -0.39 is 29.8 Å². The summed E-state index contributed by atoms with van der Waals surface area (Å²) in [6, 6.07) is 4.81. The van der Waals surface area contributed by atoms with Crippen molar-refractivity contribution < 1.29 is 22.4 Å². The molecule has 5 nitrogen and oxygen atoms in total. The van der Waals surface area contributed by atoms with Crippen molar-refractivity contribution in [3.05, 3.63) is 58.4 Å². The van der Waals surface area contributed by atoms with Crippen molar-refractivity contribution in [1.29, 1.82) is 0 Å². The summed E-state index contributed by atoms with van der Waals surface area (Å²) in [7, 11) is 1.48. The van der Waals surface area contributed by atoms with E-state index in [0.717, 1.165) is 10.6 Å². The molecule has 0 spiro atoms. The first-order valence-electron chi connectivity index (χ1n) is 6.31. The number of hydrogen-bond acceptors (Lipinski definition) is 3. The molecular formula is C14H13F3N2O3. The second kappa shape index (κ2) is 6.08. The third-order valence-corrected chi connectivity index (χ3v) is 3.02. The molecule has 2 aromatic heterocycles. The van der Waals surface area contributed by atoms with Crippen LogP contribution in [0.1, 0.15) is 11.3 Å². The summed E-state index contributed by atoms with van der Waals surface area (Å²) < 4.78 is 43.7. The summed E-state index contributed by atoms with van der Waals surface area (Å²) in [5.74, 6) is 0.0325. The lowest BCUT2D eigenvalue weighted by Gasteiger charge is -2.17. The molecule has 0 atom stereocenters. The van der Waals surface area contributed by atoms with Gasteiger partial charge in [-0.05, 0) is 18.2 Å². The highest BCUT2D eigenvalue weighted by Gasteiger charge is 2.31. The first-order valence-corrected chi connectivity index (χ1v) is 6.31. The van der Waals surface area contributed by atoms with Crippen molar-refractivity contribution in [3.63, 3.8) is 0 Å². The predicted octanol–water partition coefficient (Wildman–Crippen LogP) is 2.12. The number of furan rings is 1. The number of likely N-dealkylation sites (N-methyl/N-ethyl adjacent to an activating group) is 1. The standard InChI is InChI=1S/C14H13F3N2O3/c1-18(8-11-3-2-6-22-11)13(21)9-19-7-10(14(15,16)17)4-5-12(19)20/h2-7H,8-9H2,1H3. The van der Waals surface area contributed by atoms with Gasteiger partial charge in [0.1, 0.15) is 12.3 Å². The second-order valence-electron chi connectivity index (χ2n) is 4.71. The van der Waals surface area contributed by atoms with E-state index in [1.807, 2.05) is 0 Å². The minimum Gasteiger partial charge on any atom is -0.467 e. The van der Waals surface area contributed by atoms with Crippen LogP contribution in [-0.2, 0) is 24.1 Å². The van der Waals surface area contributed by atoms with Gasteiger partial charge in [0.15, 0.2) is 0 Å². The molecule has 0 unspecified atom stereocenters. The number of pyridine rings is 1. The van der Waals surface area contributed by atoms with Crippen molar-refractivity contribution in [1.82, 2.24) is 9.47 Å².